The van der Waals surface area contributed by atoms with Gasteiger partial charge in [0.15, 0.2) is 21.7 Å². The third-order valence-corrected chi connectivity index (χ3v) is 3.47. The Bertz CT molecular complexity index is 698. The molecule has 10 nitrogen and oxygen atoms in total. The van der Waals surface area contributed by atoms with E-state index in [0.717, 1.165) is 11.3 Å². The Balaban J connectivity index is 0.000000238. The van der Waals surface area contributed by atoms with E-state index in [1.807, 2.05) is 0 Å². The van der Waals surface area contributed by atoms with Gasteiger partial charge in [-0.3, -0.25) is 5.32 Å². The first-order chi connectivity index (χ1) is 10.9. The van der Waals surface area contributed by atoms with E-state index in [1.54, 1.807) is 5.38 Å². The average Bonchev–Trinajstić information content (AvgIpc) is 3.16. The molecule has 0 saturated heterocycles. The van der Waals surface area contributed by atoms with Gasteiger partial charge >= 0.3 is 18.0 Å². The first-order valence-electron chi connectivity index (χ1n) is 5.70. The molecule has 4 N–H and O–H groups in total. The molecule has 23 heavy (non-hydrogen) atoms. The molecule has 0 radical (unpaired) electrons. The molecule has 0 bridgehead atoms. The van der Waals surface area contributed by atoms with Gasteiger partial charge in [0.1, 0.15) is 0 Å². The number of nitrogens with zero attached hydrogens (tertiary/aromatic N) is 2. The van der Waals surface area contributed by atoms with Crippen molar-refractivity contribution in [1.29, 1.82) is 0 Å². The predicted molar refractivity (Wildman–Crippen MR) is 83.0 cm³/mol. The van der Waals surface area contributed by atoms with E-state index in [0.29, 0.717) is 5.13 Å². The summed E-state index contributed by atoms with van der Waals surface area (Å²) in [6.45, 7) is 0. The molecule has 2 aromatic rings. The molecule has 0 spiro atoms. The fourth-order valence-electron chi connectivity index (χ4n) is 1.05. The lowest BCUT2D eigenvalue weighted by Crippen LogP contribution is -2.10. The van der Waals surface area contributed by atoms with Crippen molar-refractivity contribution >= 4 is 51.0 Å². The number of carbonyl (C=O) groups excluding carboxylic acids is 2. The molecule has 0 atom stereocenters. The highest BCUT2D eigenvalue weighted by Crippen LogP contribution is 2.15. The number of aromatic carboxylic acids is 1. The zero-order valence-electron chi connectivity index (χ0n) is 11.9. The van der Waals surface area contributed by atoms with Gasteiger partial charge in [0, 0.05) is 10.8 Å². The molecule has 0 aromatic carbocycles. The van der Waals surface area contributed by atoms with Crippen molar-refractivity contribution in [3.8, 4) is 0 Å². The number of ether oxygens (including phenoxy) is 2. The molecule has 2 heterocycles. The molecule has 0 aliphatic carbocycles. The summed E-state index contributed by atoms with van der Waals surface area (Å²) in [6, 6.07) is 0. The van der Waals surface area contributed by atoms with E-state index in [2.05, 4.69) is 24.8 Å². The van der Waals surface area contributed by atoms with E-state index >= 15 is 0 Å². The Labute approximate surface area is 137 Å². The quantitative estimate of drug-likeness (QED) is 0.691. The molecule has 0 aliphatic rings. The molecular formula is C11H12N4O6S2. The van der Waals surface area contributed by atoms with Crippen LogP contribution in [0.25, 0.3) is 0 Å². The summed E-state index contributed by atoms with van der Waals surface area (Å²) in [5.74, 6) is -1.58. The third kappa shape index (κ3) is 5.88. The minimum Gasteiger partial charge on any atom is -0.476 e. The molecule has 0 aliphatic heterocycles. The Hall–Kier alpha value is -2.73. The summed E-state index contributed by atoms with van der Waals surface area (Å²) in [6.07, 6.45) is -0.675. The lowest BCUT2D eigenvalue weighted by atomic mass is 10.5. The van der Waals surface area contributed by atoms with Gasteiger partial charge in [0.25, 0.3) is 0 Å². The molecule has 0 unspecified atom stereocenters. The van der Waals surface area contributed by atoms with Crippen molar-refractivity contribution in [2.24, 2.45) is 0 Å². The highest BCUT2D eigenvalue weighted by atomic mass is 32.1. The highest BCUT2D eigenvalue weighted by molar-refractivity contribution is 7.14. The van der Waals surface area contributed by atoms with Crippen LogP contribution in [-0.2, 0) is 9.47 Å². The smallest absolute Gasteiger partial charge is 0.413 e. The lowest BCUT2D eigenvalue weighted by molar-refractivity contribution is 0.0594. The maximum absolute atomic E-state index is 10.7. The van der Waals surface area contributed by atoms with Crippen LogP contribution in [0.5, 0.6) is 0 Å². The number of aromatic nitrogens is 2. The van der Waals surface area contributed by atoms with Crippen LogP contribution in [0.2, 0.25) is 0 Å². The zero-order valence-corrected chi connectivity index (χ0v) is 13.6. The Morgan fingerprint density at radius 2 is 1.78 bits per heavy atom. The van der Waals surface area contributed by atoms with Crippen molar-refractivity contribution in [2.75, 3.05) is 25.3 Å². The summed E-state index contributed by atoms with van der Waals surface area (Å²) in [4.78, 5) is 39.0. The Kier molecular flexibility index (Phi) is 6.89. The number of thiazole rings is 2. The summed E-state index contributed by atoms with van der Waals surface area (Å²) < 4.78 is 8.69. The van der Waals surface area contributed by atoms with Crippen LogP contribution >= 0.6 is 22.7 Å². The third-order valence-electron chi connectivity index (χ3n) is 2.03. The molecule has 0 saturated carbocycles. The van der Waals surface area contributed by atoms with Crippen molar-refractivity contribution in [3.63, 3.8) is 0 Å². The number of carboxylic acid groups (broad SMARTS) is 1. The SMILES string of the molecule is COC(=O)Nc1nc(C(=O)O)cs1.COC(=O)c1csc(N)n1. The van der Waals surface area contributed by atoms with Crippen LogP contribution in [0.1, 0.15) is 21.0 Å². The Morgan fingerprint density at radius 1 is 1.13 bits per heavy atom. The van der Waals surface area contributed by atoms with Gasteiger partial charge in [0.2, 0.25) is 0 Å². The van der Waals surface area contributed by atoms with E-state index < -0.39 is 18.0 Å². The monoisotopic (exact) mass is 360 g/mol. The number of nitrogens with two attached hydrogens (primary N) is 1. The van der Waals surface area contributed by atoms with Crippen LogP contribution in [0.15, 0.2) is 10.8 Å². The van der Waals surface area contributed by atoms with Crippen molar-refractivity contribution in [1.82, 2.24) is 9.97 Å². The fourth-order valence-corrected chi connectivity index (χ4v) is 2.26. The molecule has 1 amide bonds. The minimum atomic E-state index is -1.13. The van der Waals surface area contributed by atoms with Crippen molar-refractivity contribution < 1.29 is 29.0 Å². The number of rotatable bonds is 3. The second kappa shape index (κ2) is 8.65. The van der Waals surface area contributed by atoms with Crippen LogP contribution in [0.4, 0.5) is 15.1 Å². The van der Waals surface area contributed by atoms with E-state index in [4.69, 9.17) is 10.8 Å². The van der Waals surface area contributed by atoms with Gasteiger partial charge < -0.3 is 20.3 Å². The first kappa shape index (κ1) is 18.3. The summed E-state index contributed by atoms with van der Waals surface area (Å²) in [5, 5.41) is 14.2. The zero-order chi connectivity index (χ0) is 17.4. The van der Waals surface area contributed by atoms with Gasteiger partial charge in [-0.25, -0.2) is 24.4 Å². The van der Waals surface area contributed by atoms with E-state index in [9.17, 15) is 14.4 Å². The molecular weight excluding hydrogens is 348 g/mol. The number of carboxylic acids is 1. The highest BCUT2D eigenvalue weighted by Gasteiger charge is 2.10. The number of anilines is 2. The van der Waals surface area contributed by atoms with Crippen LogP contribution in [0, 0.1) is 0 Å². The summed E-state index contributed by atoms with van der Waals surface area (Å²) in [7, 11) is 2.51. The predicted octanol–water partition coefficient (Wildman–Crippen LogP) is 1.53. The van der Waals surface area contributed by atoms with Crippen LogP contribution < -0.4 is 11.1 Å². The second-order valence-electron chi connectivity index (χ2n) is 3.52. The van der Waals surface area contributed by atoms with Crippen LogP contribution in [-0.4, -0.2) is 47.3 Å². The topological polar surface area (TPSA) is 154 Å². The number of hydrogen-bond acceptors (Lipinski definition) is 10. The van der Waals surface area contributed by atoms with Crippen molar-refractivity contribution in [3.05, 3.63) is 22.1 Å². The van der Waals surface area contributed by atoms with Gasteiger partial charge in [-0.05, 0) is 0 Å². The van der Waals surface area contributed by atoms with Crippen LogP contribution in [0.3, 0.4) is 0 Å². The maximum atomic E-state index is 10.7. The number of nitrogens with one attached hydrogen (secondary N) is 1. The van der Waals surface area contributed by atoms with E-state index in [1.165, 1.54) is 30.9 Å². The Morgan fingerprint density at radius 3 is 2.22 bits per heavy atom. The number of carbonyl (C=O) groups is 3. The van der Waals surface area contributed by atoms with Gasteiger partial charge in [-0.1, -0.05) is 0 Å². The number of amides is 1. The first-order valence-corrected chi connectivity index (χ1v) is 7.46. The number of nitrogen functional groups attached to an aromatic ring is 1. The average molecular weight is 360 g/mol. The van der Waals surface area contributed by atoms with Crippen molar-refractivity contribution in [2.45, 2.75) is 0 Å². The summed E-state index contributed by atoms with van der Waals surface area (Å²) in [5.41, 5.74) is 5.44. The summed E-state index contributed by atoms with van der Waals surface area (Å²) >= 11 is 2.23. The number of methoxy groups -OCH3 is 2. The van der Waals surface area contributed by atoms with Gasteiger partial charge in [-0.15, -0.1) is 22.7 Å². The molecule has 12 heteroatoms. The molecule has 0 fully saturated rings. The van der Waals surface area contributed by atoms with Gasteiger partial charge in [0.05, 0.1) is 14.2 Å². The maximum Gasteiger partial charge on any atom is 0.413 e. The largest absolute Gasteiger partial charge is 0.476 e. The normalized spacial score (nSPS) is 9.30. The van der Waals surface area contributed by atoms with E-state index in [-0.39, 0.29) is 16.5 Å². The number of hydrogen-bond donors (Lipinski definition) is 3. The second-order valence-corrected chi connectivity index (χ2v) is 5.27. The molecule has 2 rings (SSSR count). The number of esters is 1. The fraction of sp³-hybridized carbons (Fsp3) is 0.182. The lowest BCUT2D eigenvalue weighted by Gasteiger charge is -1.96. The molecule has 2 aromatic heterocycles. The van der Waals surface area contributed by atoms with Gasteiger partial charge in [-0.2, -0.15) is 0 Å². The minimum absolute atomic E-state index is 0.101. The molecule has 124 valence electrons. The standard InChI is InChI=1S/C6H6N2O4S.C5H6N2O2S/c1-12-6(11)8-5-7-3(2-13-5)4(9)10;1-9-4(8)3-2-10-5(6)7-3/h2H,1H3,(H,9,10)(H,7,8,11);2H,1H3,(H2,6,7).